The third-order valence-electron chi connectivity index (χ3n) is 5.71. The number of aromatic nitrogens is 1. The summed E-state index contributed by atoms with van der Waals surface area (Å²) in [4.78, 5) is 17.8. The molecule has 1 N–H and O–H groups in total. The minimum Gasteiger partial charge on any atom is -0.355 e. The van der Waals surface area contributed by atoms with E-state index in [1.807, 2.05) is 104 Å². The average molecular weight is 479 g/mol. The highest BCUT2D eigenvalue weighted by Gasteiger charge is 2.35. The topological polar surface area (TPSA) is 57.6 Å². The van der Waals surface area contributed by atoms with Gasteiger partial charge in [0.2, 0.25) is 0 Å². The Labute approximate surface area is 209 Å². The molecule has 5 rings (SSSR count). The summed E-state index contributed by atoms with van der Waals surface area (Å²) in [5.74, 6) is -0.228. The number of aryl methyl sites for hydroxylation is 1. The fourth-order valence-corrected chi connectivity index (χ4v) is 4.13. The van der Waals surface area contributed by atoms with E-state index in [-0.39, 0.29) is 5.91 Å². The van der Waals surface area contributed by atoms with Crippen molar-refractivity contribution in [2.75, 3.05) is 0 Å². The van der Waals surface area contributed by atoms with Crippen LogP contribution in [0.3, 0.4) is 0 Å². The van der Waals surface area contributed by atoms with Gasteiger partial charge in [0.15, 0.2) is 6.17 Å². The summed E-state index contributed by atoms with van der Waals surface area (Å²) in [5, 5.41) is 10.6. The zero-order valence-corrected chi connectivity index (χ0v) is 19.9. The van der Waals surface area contributed by atoms with E-state index in [1.165, 1.54) is 5.01 Å². The number of fused-ring (bicyclic) bond motifs is 1. The van der Waals surface area contributed by atoms with Gasteiger partial charge in [-0.3, -0.25) is 4.79 Å². The number of carbonyl (C=O) groups is 1. The summed E-state index contributed by atoms with van der Waals surface area (Å²) in [7, 11) is 0. The van der Waals surface area contributed by atoms with Gasteiger partial charge in [-0.25, -0.2) is 9.99 Å². The van der Waals surface area contributed by atoms with Crippen LogP contribution in [0.1, 0.15) is 28.4 Å². The van der Waals surface area contributed by atoms with Gasteiger partial charge in [0.05, 0.1) is 11.7 Å². The predicted molar refractivity (Wildman–Crippen MR) is 142 cm³/mol. The lowest BCUT2D eigenvalue weighted by molar-refractivity contribution is -0.126. The number of carbonyl (C=O) groups excluding carboxylic acids is 1. The normalized spacial score (nSPS) is 17.2. The zero-order chi connectivity index (χ0) is 24.2. The number of pyridine rings is 1. The van der Waals surface area contributed by atoms with Crippen LogP contribution in [0.2, 0.25) is 5.15 Å². The van der Waals surface area contributed by atoms with Gasteiger partial charge in [0.1, 0.15) is 10.9 Å². The number of rotatable bonds is 5. The van der Waals surface area contributed by atoms with Crippen molar-refractivity contribution in [1.82, 2.24) is 15.3 Å². The van der Waals surface area contributed by atoms with Crippen molar-refractivity contribution in [2.24, 2.45) is 5.10 Å². The van der Waals surface area contributed by atoms with Crippen LogP contribution in [0.5, 0.6) is 0 Å². The molecule has 1 fully saturated rings. The van der Waals surface area contributed by atoms with Crippen LogP contribution < -0.4 is 5.32 Å². The highest BCUT2D eigenvalue weighted by Crippen LogP contribution is 2.28. The highest BCUT2D eigenvalue weighted by molar-refractivity contribution is 6.32. The Kier molecular flexibility index (Phi) is 6.42. The van der Waals surface area contributed by atoms with Crippen LogP contribution in [0, 0.1) is 6.92 Å². The number of hydrazone groups is 1. The van der Waals surface area contributed by atoms with E-state index in [4.69, 9.17) is 11.6 Å². The molecule has 1 aromatic heterocycles. The Morgan fingerprint density at radius 1 is 1.00 bits per heavy atom. The maximum atomic E-state index is 13.3. The zero-order valence-electron chi connectivity index (χ0n) is 19.1. The number of halogens is 1. The number of hydrogen-bond acceptors (Lipinski definition) is 4. The Morgan fingerprint density at radius 2 is 1.74 bits per heavy atom. The first-order valence-corrected chi connectivity index (χ1v) is 11.7. The van der Waals surface area contributed by atoms with Gasteiger partial charge in [-0.1, -0.05) is 96.0 Å². The molecule has 172 valence electrons. The first-order valence-electron chi connectivity index (χ1n) is 11.3. The Bertz CT molecular complexity index is 1460. The van der Waals surface area contributed by atoms with Gasteiger partial charge >= 0.3 is 0 Å². The molecule has 6 heteroatoms. The van der Waals surface area contributed by atoms with Crippen molar-refractivity contribution < 1.29 is 4.79 Å². The molecule has 1 amide bonds. The van der Waals surface area contributed by atoms with E-state index in [1.54, 1.807) is 12.3 Å². The predicted octanol–water partition coefficient (Wildman–Crippen LogP) is 6.26. The number of amides is 1. The Morgan fingerprint density at radius 3 is 2.51 bits per heavy atom. The monoisotopic (exact) mass is 478 g/mol. The summed E-state index contributed by atoms with van der Waals surface area (Å²) in [6, 6.07) is 27.6. The molecule has 1 saturated heterocycles. The molecule has 1 atom stereocenters. The van der Waals surface area contributed by atoms with E-state index < -0.39 is 6.17 Å². The van der Waals surface area contributed by atoms with Gasteiger partial charge in [-0.15, -0.1) is 0 Å². The van der Waals surface area contributed by atoms with Gasteiger partial charge in [-0.2, -0.15) is 5.10 Å². The smallest absolute Gasteiger partial charge is 0.292 e. The van der Waals surface area contributed by atoms with Gasteiger partial charge in [-0.05, 0) is 42.3 Å². The average Bonchev–Trinajstić information content (AvgIpc) is 3.19. The van der Waals surface area contributed by atoms with Crippen molar-refractivity contribution in [3.05, 3.63) is 130 Å². The fourth-order valence-electron chi connectivity index (χ4n) is 3.93. The van der Waals surface area contributed by atoms with Gasteiger partial charge in [0, 0.05) is 10.9 Å². The molecule has 1 unspecified atom stereocenters. The highest BCUT2D eigenvalue weighted by atomic mass is 35.5. The maximum absolute atomic E-state index is 13.3. The van der Waals surface area contributed by atoms with Gasteiger partial charge in [0.25, 0.3) is 5.91 Å². The molecule has 4 aromatic rings. The number of allylic oxidation sites excluding steroid dienone is 2. The van der Waals surface area contributed by atoms with E-state index in [0.717, 1.165) is 27.6 Å². The Hall–Kier alpha value is -4.22. The summed E-state index contributed by atoms with van der Waals surface area (Å²) in [5.41, 5.74) is 5.03. The number of nitrogens with zero attached hydrogens (tertiary/aromatic N) is 3. The number of benzene rings is 3. The van der Waals surface area contributed by atoms with Crippen molar-refractivity contribution in [2.45, 2.75) is 13.1 Å². The largest absolute Gasteiger partial charge is 0.355 e. The standard InChI is InChI=1S/C29H23ClN4O/c1-20-15-16-25-23(17-20)18-24(27(30)32-25)19-31-34-28(22-12-6-3-7-13-22)33-26(29(34)35)14-8-11-21-9-4-2-5-10-21/h2-19,28,33H,1H3/b11-8+,26-14-,31-19+. The van der Waals surface area contributed by atoms with Crippen LogP contribution >= 0.6 is 11.6 Å². The molecule has 5 nitrogen and oxygen atoms in total. The summed E-state index contributed by atoms with van der Waals surface area (Å²) in [6.45, 7) is 2.03. The first-order chi connectivity index (χ1) is 17.1. The SMILES string of the molecule is Cc1ccc2nc(Cl)c(/C=N/N3C(=O)/C(=C/C=C/c4ccccc4)NC3c3ccccc3)cc2c1. The van der Waals surface area contributed by atoms with Crippen molar-refractivity contribution >= 4 is 40.7 Å². The first kappa shape index (κ1) is 22.6. The van der Waals surface area contributed by atoms with E-state index in [9.17, 15) is 4.79 Å². The summed E-state index contributed by atoms with van der Waals surface area (Å²) in [6.07, 6.45) is 6.74. The molecule has 0 aliphatic carbocycles. The molecule has 1 aliphatic heterocycles. The van der Waals surface area contributed by atoms with Crippen LogP contribution in [0.4, 0.5) is 0 Å². The van der Waals surface area contributed by atoms with Crippen LogP contribution in [0.25, 0.3) is 17.0 Å². The van der Waals surface area contributed by atoms with E-state index >= 15 is 0 Å². The third kappa shape index (κ3) is 5.00. The minimum atomic E-state index is -0.439. The van der Waals surface area contributed by atoms with Gasteiger partial charge < -0.3 is 5.32 Å². The molecular formula is C29H23ClN4O. The Balaban J connectivity index is 1.46. The molecule has 0 bridgehead atoms. The molecule has 0 saturated carbocycles. The van der Waals surface area contributed by atoms with E-state index in [0.29, 0.717) is 16.4 Å². The number of hydrogen-bond donors (Lipinski definition) is 1. The minimum absolute atomic E-state index is 0.228. The molecule has 1 aliphatic rings. The van der Waals surface area contributed by atoms with Crippen molar-refractivity contribution in [3.8, 4) is 0 Å². The molecule has 2 heterocycles. The van der Waals surface area contributed by atoms with Crippen molar-refractivity contribution in [1.29, 1.82) is 0 Å². The molecule has 3 aromatic carbocycles. The van der Waals surface area contributed by atoms with Crippen molar-refractivity contribution in [3.63, 3.8) is 0 Å². The molecular weight excluding hydrogens is 456 g/mol. The second-order valence-corrected chi connectivity index (χ2v) is 8.62. The quantitative estimate of drug-likeness (QED) is 0.209. The number of nitrogens with one attached hydrogen (secondary N) is 1. The van der Waals surface area contributed by atoms with Crippen LogP contribution in [-0.4, -0.2) is 22.1 Å². The van der Waals surface area contributed by atoms with Crippen LogP contribution in [0.15, 0.2) is 108 Å². The lowest BCUT2D eigenvalue weighted by Crippen LogP contribution is -2.25. The maximum Gasteiger partial charge on any atom is 0.292 e. The molecule has 0 radical (unpaired) electrons. The van der Waals surface area contributed by atoms with Crippen LogP contribution in [-0.2, 0) is 4.79 Å². The third-order valence-corrected chi connectivity index (χ3v) is 6.02. The second kappa shape index (κ2) is 9.95. The fraction of sp³-hybridized carbons (Fsp3) is 0.0690. The summed E-state index contributed by atoms with van der Waals surface area (Å²) < 4.78 is 0. The molecule has 0 spiro atoms. The second-order valence-electron chi connectivity index (χ2n) is 8.27. The lowest BCUT2D eigenvalue weighted by atomic mass is 10.1. The lowest BCUT2D eigenvalue weighted by Gasteiger charge is -2.19. The summed E-state index contributed by atoms with van der Waals surface area (Å²) >= 11 is 6.43. The molecule has 35 heavy (non-hydrogen) atoms. The van der Waals surface area contributed by atoms with E-state index in [2.05, 4.69) is 15.4 Å².